The molecule has 51 heavy (non-hydrogen) atoms. The first-order valence-electron chi connectivity index (χ1n) is 17.2. The molecule has 16 heteroatoms. The number of carbonyl (C=O) groups excluding carboxylic acids is 1. The molecular weight excluding hydrogens is 687 g/mol. The van der Waals surface area contributed by atoms with Crippen LogP contribution in [0.1, 0.15) is 80.4 Å². The maximum atomic E-state index is 14.6. The molecule has 3 aliphatic carbocycles. The number of fused-ring (bicyclic) bond motifs is 3. The van der Waals surface area contributed by atoms with E-state index in [1.54, 1.807) is 22.8 Å². The molecule has 1 aliphatic heterocycles. The number of rotatable bonds is 9. The summed E-state index contributed by atoms with van der Waals surface area (Å²) < 4.78 is 106. The smallest absolute Gasteiger partial charge is 0.434 e. The largest absolute Gasteiger partial charge is 0.492 e. The number of alkyl halides is 7. The molecule has 1 amide bonds. The number of nitrogens with one attached hydrogen (secondary N) is 1. The lowest BCUT2D eigenvalue weighted by Crippen LogP contribution is -2.57. The van der Waals surface area contributed by atoms with E-state index in [0.717, 1.165) is 12.6 Å². The molecule has 1 aromatic carbocycles. The summed E-state index contributed by atoms with van der Waals surface area (Å²) in [6.45, 7) is 1.60. The van der Waals surface area contributed by atoms with Crippen LogP contribution in [0, 0.1) is 17.8 Å². The molecular formula is C35H38F7N5O4. The Balaban J connectivity index is 1.21. The number of carboxylic acid groups (broad SMARTS) is 1. The molecule has 276 valence electrons. The average molecular weight is 726 g/mol. The van der Waals surface area contributed by atoms with Crippen molar-refractivity contribution >= 4 is 22.8 Å². The number of hydrogen-bond acceptors (Lipinski definition) is 6. The van der Waals surface area contributed by atoms with Gasteiger partial charge in [0.15, 0.2) is 11.5 Å². The van der Waals surface area contributed by atoms with Gasteiger partial charge in [0.05, 0.1) is 24.2 Å². The summed E-state index contributed by atoms with van der Waals surface area (Å²) in [7, 11) is 0. The summed E-state index contributed by atoms with van der Waals surface area (Å²) >= 11 is 0. The van der Waals surface area contributed by atoms with Gasteiger partial charge in [0.2, 0.25) is 5.92 Å². The van der Waals surface area contributed by atoms with Gasteiger partial charge >= 0.3 is 12.1 Å². The minimum atomic E-state index is -5.12. The van der Waals surface area contributed by atoms with Crippen LogP contribution in [-0.2, 0) is 11.0 Å². The van der Waals surface area contributed by atoms with E-state index in [1.807, 2.05) is 6.92 Å². The number of halogens is 7. The summed E-state index contributed by atoms with van der Waals surface area (Å²) in [6, 6.07) is 4.34. The second kappa shape index (κ2) is 12.6. The van der Waals surface area contributed by atoms with Crippen molar-refractivity contribution in [3.05, 3.63) is 41.9 Å². The number of likely N-dealkylation sites (tertiary alicyclic amines) is 1. The zero-order chi connectivity index (χ0) is 36.5. The van der Waals surface area contributed by atoms with Crippen LogP contribution >= 0.6 is 0 Å². The number of carboxylic acids is 1. The number of aromatic nitrogens is 3. The van der Waals surface area contributed by atoms with Crippen LogP contribution < -0.4 is 10.1 Å². The van der Waals surface area contributed by atoms with Gasteiger partial charge in [-0.25, -0.2) is 32.3 Å². The monoisotopic (exact) mass is 725 g/mol. The lowest BCUT2D eigenvalue weighted by molar-refractivity contribution is -0.146. The fourth-order valence-corrected chi connectivity index (χ4v) is 8.73. The molecule has 3 saturated carbocycles. The van der Waals surface area contributed by atoms with Crippen molar-refractivity contribution < 1.29 is 50.2 Å². The van der Waals surface area contributed by atoms with Gasteiger partial charge in [-0.3, -0.25) is 9.69 Å². The Bertz CT molecular complexity index is 1830. The quantitative estimate of drug-likeness (QED) is 0.225. The van der Waals surface area contributed by atoms with Gasteiger partial charge in [0.1, 0.15) is 17.9 Å². The number of ether oxygens (including phenoxy) is 1. The Morgan fingerprint density at radius 1 is 1.06 bits per heavy atom. The highest BCUT2D eigenvalue weighted by Crippen LogP contribution is 2.51. The van der Waals surface area contributed by atoms with Crippen LogP contribution in [0.4, 0.5) is 30.7 Å². The minimum absolute atomic E-state index is 0.0306. The molecule has 7 rings (SSSR count). The minimum Gasteiger partial charge on any atom is -0.492 e. The van der Waals surface area contributed by atoms with Crippen molar-refractivity contribution in [2.24, 2.45) is 17.8 Å². The SMILES string of the molecule is CC1CC2CC(C1)C(NC(=O)c1cnc(-c3cn(C4CCC(F)(F)CC4)c4cc(OCCN5CC(F)(F)C5)ccc34)nc1C(F)(F)F)(C(=O)O)C2. The zero-order valence-electron chi connectivity index (χ0n) is 27.8. The molecule has 3 aromatic rings. The summed E-state index contributed by atoms with van der Waals surface area (Å²) in [5.74, 6) is -8.27. The Morgan fingerprint density at radius 2 is 1.78 bits per heavy atom. The van der Waals surface area contributed by atoms with E-state index in [0.29, 0.717) is 29.5 Å². The lowest BCUT2D eigenvalue weighted by atomic mass is 9.78. The predicted molar refractivity (Wildman–Crippen MR) is 170 cm³/mol. The molecule has 0 spiro atoms. The Kier molecular flexibility index (Phi) is 8.77. The van der Waals surface area contributed by atoms with Crippen molar-refractivity contribution in [2.45, 2.75) is 87.9 Å². The van der Waals surface area contributed by atoms with Gasteiger partial charge in [0.25, 0.3) is 11.8 Å². The second-order valence-electron chi connectivity index (χ2n) is 14.9. The standard InChI is InChI=1S/C35H38F7N5O4/c1-19-10-20-12-21(11-19)34(14-20,31(49)50)45-30(48)25-15-43-29(44-28(25)35(40,41)42)26-16-47(22-4-6-32(36,37)7-5-22)27-13-23(2-3-24(26)27)51-9-8-46-17-33(38,39)18-46/h2-3,13,15-16,19-22H,4-12,14,17-18H2,1H3,(H,45,48)(H,49,50). The molecule has 4 aliphatic rings. The van der Waals surface area contributed by atoms with Crippen LogP contribution in [0.5, 0.6) is 5.75 Å². The third-order valence-electron chi connectivity index (χ3n) is 11.1. The summed E-state index contributed by atoms with van der Waals surface area (Å²) in [6.07, 6.45) is -1.42. The van der Waals surface area contributed by atoms with Gasteiger partial charge in [-0.1, -0.05) is 6.92 Å². The highest BCUT2D eigenvalue weighted by Gasteiger charge is 2.56. The number of benzene rings is 1. The maximum Gasteiger partial charge on any atom is 0.434 e. The van der Waals surface area contributed by atoms with E-state index in [9.17, 15) is 45.4 Å². The van der Waals surface area contributed by atoms with Gasteiger partial charge in [-0.05, 0) is 68.4 Å². The number of nitrogens with zero attached hydrogens (tertiary/aromatic N) is 4. The molecule has 2 N–H and O–H groups in total. The van der Waals surface area contributed by atoms with Gasteiger partial charge in [-0.2, -0.15) is 13.2 Å². The molecule has 2 bridgehead atoms. The van der Waals surface area contributed by atoms with Crippen LogP contribution in [0.2, 0.25) is 0 Å². The van der Waals surface area contributed by atoms with Gasteiger partial charge in [-0.15, -0.1) is 0 Å². The molecule has 2 aromatic heterocycles. The Labute approximate surface area is 288 Å². The van der Waals surface area contributed by atoms with Crippen molar-refractivity contribution in [1.82, 2.24) is 24.8 Å². The number of carbonyl (C=O) groups is 2. The summed E-state index contributed by atoms with van der Waals surface area (Å²) in [4.78, 5) is 35.6. The molecule has 1 saturated heterocycles. The third-order valence-corrected chi connectivity index (χ3v) is 11.1. The normalized spacial score (nSPS) is 27.6. The number of aliphatic carboxylic acids is 1. The van der Waals surface area contributed by atoms with Crippen LogP contribution in [0.25, 0.3) is 22.3 Å². The third kappa shape index (κ3) is 6.87. The number of amides is 1. The number of hydrogen-bond donors (Lipinski definition) is 2. The van der Waals surface area contributed by atoms with Crippen LogP contribution in [0.3, 0.4) is 0 Å². The fourth-order valence-electron chi connectivity index (χ4n) is 8.73. The second-order valence-corrected chi connectivity index (χ2v) is 14.9. The van der Waals surface area contributed by atoms with Gasteiger partial charge < -0.3 is 19.7 Å². The van der Waals surface area contributed by atoms with Crippen molar-refractivity contribution in [2.75, 3.05) is 26.2 Å². The van der Waals surface area contributed by atoms with Crippen molar-refractivity contribution in [3.8, 4) is 17.1 Å². The average Bonchev–Trinajstić information content (AvgIpc) is 3.53. The highest BCUT2D eigenvalue weighted by atomic mass is 19.4. The first-order chi connectivity index (χ1) is 23.9. The zero-order valence-corrected chi connectivity index (χ0v) is 27.8. The van der Waals surface area contributed by atoms with E-state index in [4.69, 9.17) is 4.74 Å². The molecule has 4 unspecified atom stereocenters. The van der Waals surface area contributed by atoms with E-state index in [2.05, 4.69) is 15.3 Å². The predicted octanol–water partition coefficient (Wildman–Crippen LogP) is 7.21. The molecule has 3 heterocycles. The van der Waals surface area contributed by atoms with Gasteiger partial charge in [0, 0.05) is 54.8 Å². The first-order valence-corrected chi connectivity index (χ1v) is 17.2. The molecule has 0 radical (unpaired) electrons. The highest BCUT2D eigenvalue weighted by molar-refractivity contribution is 6.00. The van der Waals surface area contributed by atoms with Crippen LogP contribution in [0.15, 0.2) is 30.6 Å². The Hall–Kier alpha value is -3.95. The molecule has 4 atom stereocenters. The van der Waals surface area contributed by atoms with E-state index < -0.39 is 58.7 Å². The molecule has 9 nitrogen and oxygen atoms in total. The summed E-state index contributed by atoms with van der Waals surface area (Å²) in [5, 5.41) is 13.1. The summed E-state index contributed by atoms with van der Waals surface area (Å²) in [5.41, 5.74) is -3.52. The first kappa shape index (κ1) is 35.5. The fraction of sp³-hybridized carbons (Fsp3) is 0.600. The van der Waals surface area contributed by atoms with Crippen LogP contribution in [-0.4, -0.2) is 80.0 Å². The van der Waals surface area contributed by atoms with E-state index >= 15 is 0 Å². The van der Waals surface area contributed by atoms with E-state index in [-0.39, 0.29) is 81.6 Å². The maximum absolute atomic E-state index is 14.6. The van der Waals surface area contributed by atoms with Crippen molar-refractivity contribution in [3.63, 3.8) is 0 Å². The lowest BCUT2D eigenvalue weighted by Gasteiger charge is -2.38. The topological polar surface area (TPSA) is 110 Å². The molecule has 4 fully saturated rings. The Morgan fingerprint density at radius 3 is 2.45 bits per heavy atom. The van der Waals surface area contributed by atoms with Crippen molar-refractivity contribution in [1.29, 1.82) is 0 Å². The van der Waals surface area contributed by atoms with E-state index in [1.165, 1.54) is 11.1 Å².